The topological polar surface area (TPSA) is 76.8 Å². The summed E-state index contributed by atoms with van der Waals surface area (Å²) in [6.07, 6.45) is 7.84. The Hall–Kier alpha value is -2.62. The number of amides is 1. The molecule has 2 N–H and O–H groups in total. The molecule has 0 aromatic carbocycles. The number of aryl methyl sites for hydroxylation is 1. The third kappa shape index (κ3) is 4.32. The minimum atomic E-state index is -4.45. The van der Waals surface area contributed by atoms with Gasteiger partial charge in [0.2, 0.25) is 0 Å². The van der Waals surface area contributed by atoms with E-state index in [0.29, 0.717) is 23.7 Å². The summed E-state index contributed by atoms with van der Waals surface area (Å²) in [5.74, 6) is 0.675. The summed E-state index contributed by atoms with van der Waals surface area (Å²) >= 11 is 0. The number of imidazole rings is 1. The molecule has 1 aliphatic heterocycles. The van der Waals surface area contributed by atoms with Crippen LogP contribution in [0.25, 0.3) is 6.08 Å². The minimum Gasteiger partial charge on any atom is -0.349 e. The molecule has 2 fully saturated rings. The van der Waals surface area contributed by atoms with Crippen molar-refractivity contribution in [2.45, 2.75) is 75.3 Å². The predicted octanol–water partition coefficient (Wildman–Crippen LogP) is 3.76. The van der Waals surface area contributed by atoms with Crippen LogP contribution in [0.1, 0.15) is 84.6 Å². The third-order valence-corrected chi connectivity index (χ3v) is 6.57. The number of fused-ring (bicyclic) bond motifs is 1. The Labute approximate surface area is 184 Å². The molecule has 1 unspecified atom stereocenters. The predicted molar refractivity (Wildman–Crippen MR) is 112 cm³/mol. The van der Waals surface area contributed by atoms with Gasteiger partial charge in [-0.25, -0.2) is 4.98 Å². The lowest BCUT2D eigenvalue weighted by atomic mass is 9.90. The number of carbonyl (C=O) groups excluding carboxylic acids is 1. The number of hydrogen-bond donors (Lipinski definition) is 2. The summed E-state index contributed by atoms with van der Waals surface area (Å²) in [6.45, 7) is 0. The number of nitrogens with zero attached hydrogens (tertiary/aromatic N) is 4. The molecular weight excluding hydrogens is 421 g/mol. The number of carbonyl (C=O) groups is 1. The molecular formula is C22H27F3N6O. The lowest BCUT2D eigenvalue weighted by Gasteiger charge is -2.33. The lowest BCUT2D eigenvalue weighted by Crippen LogP contribution is -2.44. The van der Waals surface area contributed by atoms with Gasteiger partial charge in [0.15, 0.2) is 5.69 Å². The van der Waals surface area contributed by atoms with E-state index in [9.17, 15) is 18.0 Å². The molecule has 5 rings (SSSR count). The van der Waals surface area contributed by atoms with Gasteiger partial charge in [0, 0.05) is 37.4 Å². The van der Waals surface area contributed by atoms with E-state index in [4.69, 9.17) is 0 Å². The summed E-state index contributed by atoms with van der Waals surface area (Å²) in [5.41, 5.74) is 0.718. The van der Waals surface area contributed by atoms with Crippen LogP contribution >= 0.6 is 0 Å². The van der Waals surface area contributed by atoms with Crippen molar-refractivity contribution < 1.29 is 18.0 Å². The molecule has 3 aliphatic rings. The van der Waals surface area contributed by atoms with Gasteiger partial charge in [-0.1, -0.05) is 6.08 Å². The maximum atomic E-state index is 13.0. The van der Waals surface area contributed by atoms with Crippen LogP contribution in [0.15, 0.2) is 18.5 Å². The van der Waals surface area contributed by atoms with Crippen molar-refractivity contribution in [2.24, 2.45) is 7.05 Å². The molecule has 2 aromatic heterocycles. The summed E-state index contributed by atoms with van der Waals surface area (Å²) in [5, 5.41) is 11.1. The molecule has 1 amide bonds. The van der Waals surface area contributed by atoms with E-state index in [1.54, 1.807) is 21.5 Å². The molecule has 10 heteroatoms. The molecule has 0 saturated heterocycles. The normalized spacial score (nSPS) is 25.6. The Morgan fingerprint density at radius 2 is 1.81 bits per heavy atom. The molecule has 0 spiro atoms. The summed E-state index contributed by atoms with van der Waals surface area (Å²) in [7, 11) is 1.84. The fourth-order valence-electron chi connectivity index (χ4n) is 4.76. The van der Waals surface area contributed by atoms with Crippen LogP contribution < -0.4 is 10.6 Å². The summed E-state index contributed by atoms with van der Waals surface area (Å²) in [4.78, 5) is 16.5. The number of aromatic nitrogens is 4. The highest BCUT2D eigenvalue weighted by Crippen LogP contribution is 2.40. The van der Waals surface area contributed by atoms with Crippen LogP contribution in [-0.2, 0) is 13.2 Å². The van der Waals surface area contributed by atoms with Crippen molar-refractivity contribution >= 4 is 12.0 Å². The number of alkyl halides is 3. The van der Waals surface area contributed by atoms with Gasteiger partial charge in [0.05, 0.1) is 17.4 Å². The molecule has 7 nitrogen and oxygen atoms in total. The Balaban J connectivity index is 1.16. The standard InChI is InChI=1S/C22H27F3N6O/c1-30-11-16(20(29-30)13-5-6-13)21(32)27-15-9-7-14(8-10-15)26-18-3-2-4-19-28-17(12-31(18)19)22(23,24)25/h2,4,11-15,18,26H,3,5-10H2,1H3,(H,27,32). The van der Waals surface area contributed by atoms with Gasteiger partial charge in [-0.2, -0.15) is 18.3 Å². The third-order valence-electron chi connectivity index (χ3n) is 6.57. The SMILES string of the molecule is Cn1cc(C(=O)NC2CCC(NC3CC=Cc4nc(C(F)(F)F)cn43)CC2)c(C2CC2)n1. The van der Waals surface area contributed by atoms with Gasteiger partial charge in [-0.05, 0) is 51.0 Å². The molecule has 0 radical (unpaired) electrons. The minimum absolute atomic E-state index is 0.0587. The number of nitrogens with one attached hydrogen (secondary N) is 2. The van der Waals surface area contributed by atoms with E-state index in [2.05, 4.69) is 20.7 Å². The number of rotatable bonds is 5. The van der Waals surface area contributed by atoms with E-state index in [1.807, 2.05) is 13.1 Å². The fraction of sp³-hybridized carbons (Fsp3) is 0.591. The first-order valence-electron chi connectivity index (χ1n) is 11.2. The smallest absolute Gasteiger partial charge is 0.349 e. The molecule has 32 heavy (non-hydrogen) atoms. The van der Waals surface area contributed by atoms with Gasteiger partial charge in [-0.15, -0.1) is 0 Å². The first-order chi connectivity index (χ1) is 15.3. The van der Waals surface area contributed by atoms with Crippen LogP contribution in [0.5, 0.6) is 0 Å². The zero-order valence-corrected chi connectivity index (χ0v) is 17.9. The molecule has 2 aliphatic carbocycles. The Morgan fingerprint density at radius 3 is 2.50 bits per heavy atom. The fourth-order valence-corrected chi connectivity index (χ4v) is 4.76. The van der Waals surface area contributed by atoms with Crippen molar-refractivity contribution in [3.63, 3.8) is 0 Å². The average Bonchev–Trinajstić information content (AvgIpc) is 3.35. The first kappa shape index (κ1) is 21.2. The average molecular weight is 448 g/mol. The second-order valence-electron chi connectivity index (χ2n) is 9.11. The molecule has 2 aromatic rings. The number of halogens is 3. The molecule has 3 heterocycles. The zero-order valence-electron chi connectivity index (χ0n) is 17.9. The summed E-state index contributed by atoms with van der Waals surface area (Å²) in [6, 6.07) is 0.282. The second kappa shape index (κ2) is 8.06. The van der Waals surface area contributed by atoms with Gasteiger partial charge in [0.25, 0.3) is 5.91 Å². The zero-order chi connectivity index (χ0) is 22.5. The number of hydrogen-bond acceptors (Lipinski definition) is 4. The van der Waals surface area contributed by atoms with Crippen molar-refractivity contribution in [1.82, 2.24) is 30.0 Å². The van der Waals surface area contributed by atoms with Gasteiger partial charge >= 0.3 is 6.18 Å². The highest BCUT2D eigenvalue weighted by atomic mass is 19.4. The Bertz CT molecular complexity index is 1030. The van der Waals surface area contributed by atoms with Gasteiger partial charge in [0.1, 0.15) is 5.82 Å². The summed E-state index contributed by atoms with van der Waals surface area (Å²) < 4.78 is 42.4. The molecule has 2 saturated carbocycles. The maximum absolute atomic E-state index is 13.0. The van der Waals surface area contributed by atoms with Gasteiger partial charge in [-0.3, -0.25) is 14.8 Å². The van der Waals surface area contributed by atoms with Crippen LogP contribution in [-0.4, -0.2) is 37.3 Å². The first-order valence-corrected chi connectivity index (χ1v) is 11.2. The Kier molecular flexibility index (Phi) is 5.35. The quantitative estimate of drug-likeness (QED) is 0.730. The van der Waals surface area contributed by atoms with E-state index in [0.717, 1.165) is 50.4 Å². The van der Waals surface area contributed by atoms with Crippen molar-refractivity contribution in [2.75, 3.05) is 0 Å². The van der Waals surface area contributed by atoms with Gasteiger partial charge < -0.3 is 9.88 Å². The van der Waals surface area contributed by atoms with Crippen LogP contribution in [0.2, 0.25) is 0 Å². The lowest BCUT2D eigenvalue weighted by molar-refractivity contribution is -0.141. The van der Waals surface area contributed by atoms with E-state index >= 15 is 0 Å². The highest BCUT2D eigenvalue weighted by Gasteiger charge is 2.36. The second-order valence-corrected chi connectivity index (χ2v) is 9.11. The largest absolute Gasteiger partial charge is 0.434 e. The molecule has 1 atom stereocenters. The Morgan fingerprint density at radius 1 is 1.09 bits per heavy atom. The van der Waals surface area contributed by atoms with E-state index < -0.39 is 11.9 Å². The van der Waals surface area contributed by atoms with Crippen LogP contribution in [0, 0.1) is 0 Å². The van der Waals surface area contributed by atoms with Crippen molar-refractivity contribution in [3.8, 4) is 0 Å². The van der Waals surface area contributed by atoms with E-state index in [-0.39, 0.29) is 24.2 Å². The van der Waals surface area contributed by atoms with Crippen molar-refractivity contribution in [1.29, 1.82) is 0 Å². The maximum Gasteiger partial charge on any atom is 0.434 e. The van der Waals surface area contributed by atoms with E-state index in [1.165, 1.54) is 0 Å². The van der Waals surface area contributed by atoms with Crippen LogP contribution in [0.4, 0.5) is 13.2 Å². The molecule has 0 bridgehead atoms. The molecule has 172 valence electrons. The highest BCUT2D eigenvalue weighted by molar-refractivity contribution is 5.95. The van der Waals surface area contributed by atoms with Crippen LogP contribution in [0.3, 0.4) is 0 Å². The monoisotopic (exact) mass is 448 g/mol. The van der Waals surface area contributed by atoms with Crippen molar-refractivity contribution in [3.05, 3.63) is 41.2 Å².